The molecule has 0 atom stereocenters. The number of anilines is 1. The van der Waals surface area contributed by atoms with Crippen LogP contribution in [0, 0.1) is 17.1 Å². The van der Waals surface area contributed by atoms with Crippen molar-refractivity contribution in [2.24, 2.45) is 0 Å². The molecule has 2 aromatic heterocycles. The number of hydrogen-bond acceptors (Lipinski definition) is 4. The number of benzene rings is 2. The molecule has 0 bridgehead atoms. The molecule has 28 heavy (non-hydrogen) atoms. The van der Waals surface area contributed by atoms with E-state index in [2.05, 4.69) is 0 Å². The first-order chi connectivity index (χ1) is 13.6. The summed E-state index contributed by atoms with van der Waals surface area (Å²) in [6.07, 6.45) is 7.35. The van der Waals surface area contributed by atoms with Gasteiger partial charge in [0.25, 0.3) is 0 Å². The summed E-state index contributed by atoms with van der Waals surface area (Å²) in [6, 6.07) is 11.6. The van der Waals surface area contributed by atoms with E-state index in [4.69, 9.17) is 10.7 Å². The second kappa shape index (κ2) is 5.69. The Balaban J connectivity index is 1.85. The molecular formula is C22H13FN4O. The van der Waals surface area contributed by atoms with Crippen LogP contribution in [0.4, 0.5) is 10.1 Å². The summed E-state index contributed by atoms with van der Waals surface area (Å²) >= 11 is 0. The second-order valence-corrected chi connectivity index (χ2v) is 6.56. The number of allylic oxidation sites excluding steroid dienone is 4. The van der Waals surface area contributed by atoms with Crippen molar-refractivity contribution in [3.8, 4) is 23.1 Å². The molecule has 5 rings (SSSR count). The Hall–Kier alpha value is -4.11. The minimum absolute atomic E-state index is 0.0300. The van der Waals surface area contributed by atoms with Gasteiger partial charge in [0, 0.05) is 28.4 Å². The molecule has 3 N–H and O–H groups in total. The molecule has 0 radical (unpaired) electrons. The Kier molecular flexibility index (Phi) is 3.27. The normalized spacial score (nSPS) is 12.8. The fraction of sp³-hybridized carbons (Fsp3) is 0. The third kappa shape index (κ3) is 2.14. The fourth-order valence-corrected chi connectivity index (χ4v) is 3.56. The molecule has 2 heterocycles. The molecule has 0 fully saturated rings. The predicted molar refractivity (Wildman–Crippen MR) is 107 cm³/mol. The molecule has 1 aliphatic carbocycles. The van der Waals surface area contributed by atoms with Crippen molar-refractivity contribution < 1.29 is 9.50 Å². The van der Waals surface area contributed by atoms with Crippen LogP contribution in [0.25, 0.3) is 38.6 Å². The summed E-state index contributed by atoms with van der Waals surface area (Å²) in [4.78, 5) is 4.72. The van der Waals surface area contributed by atoms with Gasteiger partial charge in [-0.15, -0.1) is 0 Å². The van der Waals surface area contributed by atoms with Crippen LogP contribution >= 0.6 is 0 Å². The summed E-state index contributed by atoms with van der Waals surface area (Å²) < 4.78 is 15.2. The smallest absolute Gasteiger partial charge is 0.207 e. The number of nitrogens with two attached hydrogens (primary N) is 1. The number of nitriles is 1. The summed E-state index contributed by atoms with van der Waals surface area (Å²) in [7, 11) is 0. The maximum absolute atomic E-state index is 13.6. The summed E-state index contributed by atoms with van der Waals surface area (Å²) in [5.74, 6) is -0.443. The van der Waals surface area contributed by atoms with Crippen LogP contribution in [0.5, 0.6) is 5.88 Å². The number of para-hydroxylation sites is 1. The molecule has 0 aliphatic heterocycles. The zero-order valence-corrected chi connectivity index (χ0v) is 14.5. The molecule has 0 unspecified atom stereocenters. The Bertz CT molecular complexity index is 1410. The molecule has 0 amide bonds. The maximum Gasteiger partial charge on any atom is 0.207 e. The van der Waals surface area contributed by atoms with Crippen molar-refractivity contribution >= 4 is 33.2 Å². The van der Waals surface area contributed by atoms with Crippen LogP contribution in [0.1, 0.15) is 5.56 Å². The number of rotatable bonds is 2. The van der Waals surface area contributed by atoms with Gasteiger partial charge in [-0.25, -0.2) is 9.37 Å². The second-order valence-electron chi connectivity index (χ2n) is 6.56. The van der Waals surface area contributed by atoms with Gasteiger partial charge in [0.15, 0.2) is 0 Å². The van der Waals surface area contributed by atoms with Gasteiger partial charge in [-0.3, -0.25) is 4.57 Å². The highest BCUT2D eigenvalue weighted by atomic mass is 19.1. The standard InChI is InChI=1S/C22H13FN4O/c23-13-7-8-15(12(9-13)10-24)16-5-2-6-17-20(25)19-18(26-21(16)17)11-27(22(19)28)14-3-1-4-14/h1-9,11,28H,25H2. The average molecular weight is 368 g/mol. The van der Waals surface area contributed by atoms with Gasteiger partial charge in [0.1, 0.15) is 5.82 Å². The lowest BCUT2D eigenvalue weighted by molar-refractivity contribution is 0.450. The summed E-state index contributed by atoms with van der Waals surface area (Å²) in [5, 5.41) is 21.2. The number of nitrogens with zero attached hydrogens (tertiary/aromatic N) is 3. The lowest BCUT2D eigenvalue weighted by atomic mass is 9.96. The van der Waals surface area contributed by atoms with Gasteiger partial charge in [-0.05, 0) is 24.3 Å². The highest BCUT2D eigenvalue weighted by Gasteiger charge is 2.20. The van der Waals surface area contributed by atoms with E-state index in [1.54, 1.807) is 22.9 Å². The van der Waals surface area contributed by atoms with E-state index in [0.717, 1.165) is 5.70 Å². The molecule has 134 valence electrons. The number of pyridine rings is 1. The first-order valence-electron chi connectivity index (χ1n) is 8.59. The molecular weight excluding hydrogens is 355 g/mol. The van der Waals surface area contributed by atoms with Gasteiger partial charge >= 0.3 is 0 Å². The van der Waals surface area contributed by atoms with Crippen LogP contribution in [0.2, 0.25) is 0 Å². The molecule has 2 aromatic carbocycles. The van der Waals surface area contributed by atoms with E-state index < -0.39 is 5.82 Å². The number of hydrogen-bond donors (Lipinski definition) is 2. The Labute approximate surface area is 159 Å². The Morgan fingerprint density at radius 1 is 1.18 bits per heavy atom. The third-order valence-corrected chi connectivity index (χ3v) is 4.99. The maximum atomic E-state index is 13.6. The van der Waals surface area contributed by atoms with Crippen LogP contribution in [0.15, 0.2) is 60.8 Å². The summed E-state index contributed by atoms with van der Waals surface area (Å²) in [6.45, 7) is 0. The topological polar surface area (TPSA) is 87.9 Å². The van der Waals surface area contributed by atoms with Crippen molar-refractivity contribution in [2.45, 2.75) is 0 Å². The number of fused-ring (bicyclic) bond motifs is 2. The SMILES string of the molecule is N#Cc1cc(F)ccc1-c1cccc2c(N)c3c(O)n(C4=CC=C4)cc3nc12. The molecule has 0 spiro atoms. The monoisotopic (exact) mass is 368 g/mol. The Morgan fingerprint density at radius 2 is 2.00 bits per heavy atom. The predicted octanol–water partition coefficient (Wildman–Crippen LogP) is 4.57. The molecule has 4 aromatic rings. The van der Waals surface area contributed by atoms with Crippen molar-refractivity contribution in [1.29, 1.82) is 5.26 Å². The lowest BCUT2D eigenvalue weighted by Crippen LogP contribution is -1.95. The number of halogens is 1. The van der Waals surface area contributed by atoms with E-state index in [1.165, 1.54) is 12.1 Å². The van der Waals surface area contributed by atoms with E-state index in [1.807, 2.05) is 36.4 Å². The van der Waals surface area contributed by atoms with Crippen LogP contribution in [0.3, 0.4) is 0 Å². The van der Waals surface area contributed by atoms with Gasteiger partial charge in [-0.1, -0.05) is 30.3 Å². The number of nitrogen functional groups attached to an aromatic ring is 1. The minimum atomic E-state index is -0.473. The number of aromatic nitrogens is 2. The average Bonchev–Trinajstić information content (AvgIpc) is 2.96. The van der Waals surface area contributed by atoms with Gasteiger partial charge < -0.3 is 10.8 Å². The van der Waals surface area contributed by atoms with E-state index in [0.29, 0.717) is 38.6 Å². The van der Waals surface area contributed by atoms with E-state index >= 15 is 0 Å². The van der Waals surface area contributed by atoms with Gasteiger partial charge in [-0.2, -0.15) is 5.26 Å². The van der Waals surface area contributed by atoms with Gasteiger partial charge in [0.05, 0.1) is 33.7 Å². The van der Waals surface area contributed by atoms with Crippen molar-refractivity contribution in [3.05, 3.63) is 72.2 Å². The highest BCUT2D eigenvalue weighted by molar-refractivity contribution is 6.12. The minimum Gasteiger partial charge on any atom is -0.494 e. The molecule has 5 nitrogen and oxygen atoms in total. The Morgan fingerprint density at radius 3 is 2.71 bits per heavy atom. The summed E-state index contributed by atoms with van der Waals surface area (Å²) in [5.41, 5.74) is 10.2. The fourth-order valence-electron chi connectivity index (χ4n) is 3.56. The lowest BCUT2D eigenvalue weighted by Gasteiger charge is -2.11. The first kappa shape index (κ1) is 16.1. The quantitative estimate of drug-likeness (QED) is 0.543. The molecule has 0 saturated carbocycles. The van der Waals surface area contributed by atoms with Crippen molar-refractivity contribution in [1.82, 2.24) is 9.55 Å². The van der Waals surface area contributed by atoms with Crippen LogP contribution in [-0.2, 0) is 0 Å². The molecule has 6 heteroatoms. The zero-order chi connectivity index (χ0) is 19.4. The zero-order valence-electron chi connectivity index (χ0n) is 14.5. The molecule has 1 aliphatic rings. The van der Waals surface area contributed by atoms with Crippen molar-refractivity contribution in [2.75, 3.05) is 5.73 Å². The largest absolute Gasteiger partial charge is 0.494 e. The highest BCUT2D eigenvalue weighted by Crippen LogP contribution is 2.40. The van der Waals surface area contributed by atoms with Crippen LogP contribution < -0.4 is 5.73 Å². The first-order valence-corrected chi connectivity index (χ1v) is 8.59. The van der Waals surface area contributed by atoms with Crippen molar-refractivity contribution in [3.63, 3.8) is 0 Å². The van der Waals surface area contributed by atoms with E-state index in [-0.39, 0.29) is 11.4 Å². The van der Waals surface area contributed by atoms with Crippen LogP contribution in [-0.4, -0.2) is 14.7 Å². The molecule has 0 saturated heterocycles. The van der Waals surface area contributed by atoms with Gasteiger partial charge in [0.2, 0.25) is 5.88 Å². The van der Waals surface area contributed by atoms with E-state index in [9.17, 15) is 14.8 Å². The third-order valence-electron chi connectivity index (χ3n) is 4.99. The number of aromatic hydroxyl groups is 1.